The van der Waals surface area contributed by atoms with Gasteiger partial charge >= 0.3 is 0 Å². The first kappa shape index (κ1) is 14.8. The molecule has 1 aliphatic rings. The number of nitrogens with one attached hydrogen (secondary N) is 1. The van der Waals surface area contributed by atoms with E-state index in [4.69, 9.17) is 14.7 Å². The van der Waals surface area contributed by atoms with Gasteiger partial charge in [0.2, 0.25) is 0 Å². The molecule has 5 nitrogen and oxygen atoms in total. The Labute approximate surface area is 120 Å². The van der Waals surface area contributed by atoms with Crippen molar-refractivity contribution in [2.24, 2.45) is 0 Å². The monoisotopic (exact) mass is 275 g/mol. The topological polar surface area (TPSA) is 57.5 Å². The van der Waals surface area contributed by atoms with Gasteiger partial charge in [-0.25, -0.2) is 0 Å². The number of benzene rings is 1. The lowest BCUT2D eigenvalue weighted by molar-refractivity contribution is -0.0182. The van der Waals surface area contributed by atoms with Crippen LogP contribution in [-0.4, -0.2) is 50.9 Å². The van der Waals surface area contributed by atoms with Crippen molar-refractivity contribution < 1.29 is 9.47 Å². The molecular formula is C15H21N3O2. The van der Waals surface area contributed by atoms with Crippen molar-refractivity contribution in [1.82, 2.24) is 10.2 Å². The average molecular weight is 275 g/mol. The Kier molecular flexibility index (Phi) is 5.81. The van der Waals surface area contributed by atoms with Crippen LogP contribution in [0.1, 0.15) is 5.56 Å². The number of hydrogen-bond acceptors (Lipinski definition) is 5. The number of nitriles is 1. The number of ether oxygens (including phenoxy) is 2. The van der Waals surface area contributed by atoms with Crippen LogP contribution in [0.3, 0.4) is 0 Å². The van der Waals surface area contributed by atoms with Gasteiger partial charge in [0.1, 0.15) is 11.8 Å². The lowest BCUT2D eigenvalue weighted by Gasteiger charge is -2.30. The average Bonchev–Trinajstić information content (AvgIpc) is 2.46. The second-order valence-electron chi connectivity index (χ2n) is 4.98. The van der Waals surface area contributed by atoms with Gasteiger partial charge < -0.3 is 19.7 Å². The molecule has 1 aromatic rings. The number of likely N-dealkylation sites (N-methyl/N-ethyl adjacent to an activating group) is 1. The van der Waals surface area contributed by atoms with Crippen LogP contribution in [0.15, 0.2) is 24.3 Å². The lowest BCUT2D eigenvalue weighted by Crippen LogP contribution is -2.44. The van der Waals surface area contributed by atoms with Gasteiger partial charge in [0.25, 0.3) is 0 Å². The van der Waals surface area contributed by atoms with E-state index in [-0.39, 0.29) is 12.7 Å². The van der Waals surface area contributed by atoms with Crippen LogP contribution >= 0.6 is 0 Å². The van der Waals surface area contributed by atoms with E-state index in [0.29, 0.717) is 0 Å². The number of morpholine rings is 1. The zero-order valence-electron chi connectivity index (χ0n) is 11.8. The van der Waals surface area contributed by atoms with Crippen molar-refractivity contribution in [2.75, 3.05) is 39.9 Å². The minimum atomic E-state index is 0.0874. The van der Waals surface area contributed by atoms with Crippen LogP contribution in [0.25, 0.3) is 0 Å². The Hall–Kier alpha value is -1.61. The Morgan fingerprint density at radius 1 is 1.45 bits per heavy atom. The molecule has 0 bridgehead atoms. The summed E-state index contributed by atoms with van der Waals surface area (Å²) in [4.78, 5) is 2.29. The van der Waals surface area contributed by atoms with Crippen LogP contribution < -0.4 is 10.1 Å². The van der Waals surface area contributed by atoms with Gasteiger partial charge in [0, 0.05) is 26.2 Å². The van der Waals surface area contributed by atoms with Gasteiger partial charge in [-0.2, -0.15) is 5.26 Å². The predicted molar refractivity (Wildman–Crippen MR) is 76.5 cm³/mol. The molecule has 1 aliphatic heterocycles. The van der Waals surface area contributed by atoms with Crippen molar-refractivity contribution in [1.29, 1.82) is 5.26 Å². The summed E-state index contributed by atoms with van der Waals surface area (Å²) in [5.74, 6) is 0.729. The van der Waals surface area contributed by atoms with Crippen LogP contribution in [0, 0.1) is 11.3 Å². The molecule has 1 unspecified atom stereocenters. The molecule has 0 amide bonds. The Morgan fingerprint density at radius 3 is 2.95 bits per heavy atom. The van der Waals surface area contributed by atoms with Crippen LogP contribution in [0.4, 0.5) is 0 Å². The van der Waals surface area contributed by atoms with E-state index < -0.39 is 0 Å². The summed E-state index contributed by atoms with van der Waals surface area (Å²) in [5.41, 5.74) is 1.19. The maximum absolute atomic E-state index is 8.44. The molecule has 1 heterocycles. The summed E-state index contributed by atoms with van der Waals surface area (Å²) in [6, 6.07) is 9.74. The number of hydrogen-bond donors (Lipinski definition) is 1. The molecule has 0 radical (unpaired) electrons. The van der Waals surface area contributed by atoms with Crippen molar-refractivity contribution in [2.45, 2.75) is 12.6 Å². The summed E-state index contributed by atoms with van der Waals surface area (Å²) in [6.45, 7) is 4.56. The second kappa shape index (κ2) is 7.85. The third-order valence-corrected chi connectivity index (χ3v) is 3.27. The van der Waals surface area contributed by atoms with Gasteiger partial charge in [0.15, 0.2) is 6.61 Å². The molecule has 108 valence electrons. The molecule has 0 aliphatic carbocycles. The minimum Gasteiger partial charge on any atom is -0.479 e. The van der Waals surface area contributed by atoms with Crippen LogP contribution in [0.2, 0.25) is 0 Å². The van der Waals surface area contributed by atoms with Crippen molar-refractivity contribution in [3.05, 3.63) is 29.8 Å². The summed E-state index contributed by atoms with van der Waals surface area (Å²) in [7, 11) is 2.12. The first-order chi connectivity index (χ1) is 9.78. The summed E-state index contributed by atoms with van der Waals surface area (Å²) >= 11 is 0. The molecule has 0 saturated carbocycles. The van der Waals surface area contributed by atoms with E-state index in [2.05, 4.69) is 17.3 Å². The summed E-state index contributed by atoms with van der Waals surface area (Å²) in [6.07, 6.45) is 0.270. The highest BCUT2D eigenvalue weighted by atomic mass is 16.5. The smallest absolute Gasteiger partial charge is 0.174 e. The van der Waals surface area contributed by atoms with Crippen LogP contribution in [-0.2, 0) is 11.3 Å². The quantitative estimate of drug-likeness (QED) is 0.839. The van der Waals surface area contributed by atoms with E-state index in [1.54, 1.807) is 0 Å². The zero-order chi connectivity index (χ0) is 14.2. The lowest BCUT2D eigenvalue weighted by atomic mass is 10.2. The summed E-state index contributed by atoms with van der Waals surface area (Å²) in [5, 5.41) is 11.9. The third kappa shape index (κ3) is 4.82. The zero-order valence-corrected chi connectivity index (χ0v) is 11.8. The minimum absolute atomic E-state index is 0.0874. The van der Waals surface area contributed by atoms with Crippen LogP contribution in [0.5, 0.6) is 5.75 Å². The van der Waals surface area contributed by atoms with E-state index >= 15 is 0 Å². The Bertz CT molecular complexity index is 441. The molecule has 1 saturated heterocycles. The molecule has 1 fully saturated rings. The molecule has 1 atom stereocenters. The Balaban J connectivity index is 1.70. The normalized spacial score (nSPS) is 19.5. The van der Waals surface area contributed by atoms with Gasteiger partial charge in [-0.1, -0.05) is 12.1 Å². The van der Waals surface area contributed by atoms with Gasteiger partial charge in [-0.15, -0.1) is 0 Å². The fourth-order valence-electron chi connectivity index (χ4n) is 2.19. The highest BCUT2D eigenvalue weighted by Crippen LogP contribution is 2.12. The summed E-state index contributed by atoms with van der Waals surface area (Å²) < 4.78 is 10.9. The van der Waals surface area contributed by atoms with E-state index in [9.17, 15) is 0 Å². The molecule has 0 spiro atoms. The maximum atomic E-state index is 8.44. The van der Waals surface area contributed by atoms with Crippen molar-refractivity contribution in [3.8, 4) is 11.8 Å². The first-order valence-corrected chi connectivity index (χ1v) is 6.87. The van der Waals surface area contributed by atoms with Crippen molar-refractivity contribution in [3.63, 3.8) is 0 Å². The molecule has 1 N–H and O–H groups in total. The van der Waals surface area contributed by atoms with E-state index in [0.717, 1.165) is 38.5 Å². The van der Waals surface area contributed by atoms with Gasteiger partial charge in [-0.3, -0.25) is 0 Å². The largest absolute Gasteiger partial charge is 0.479 e. The molecule has 2 rings (SSSR count). The number of nitrogens with zero attached hydrogens (tertiary/aromatic N) is 2. The van der Waals surface area contributed by atoms with E-state index in [1.165, 1.54) is 5.56 Å². The number of rotatable bonds is 6. The van der Waals surface area contributed by atoms with E-state index in [1.807, 2.05) is 30.3 Å². The SMILES string of the molecule is CN1CCOC(CNCc2ccc(OCC#N)cc2)C1. The fourth-order valence-corrected chi connectivity index (χ4v) is 2.19. The molecular weight excluding hydrogens is 254 g/mol. The molecule has 0 aromatic heterocycles. The Morgan fingerprint density at radius 2 is 2.25 bits per heavy atom. The first-order valence-electron chi connectivity index (χ1n) is 6.87. The second-order valence-corrected chi connectivity index (χ2v) is 4.98. The van der Waals surface area contributed by atoms with Gasteiger partial charge in [0.05, 0.1) is 12.7 Å². The predicted octanol–water partition coefficient (Wildman–Crippen LogP) is 1.01. The fraction of sp³-hybridized carbons (Fsp3) is 0.533. The van der Waals surface area contributed by atoms with Gasteiger partial charge in [-0.05, 0) is 24.7 Å². The van der Waals surface area contributed by atoms with Crippen molar-refractivity contribution >= 4 is 0 Å². The molecule has 20 heavy (non-hydrogen) atoms. The highest BCUT2D eigenvalue weighted by Gasteiger charge is 2.16. The standard InChI is InChI=1S/C15H21N3O2/c1-18-7-9-20-15(12-18)11-17-10-13-2-4-14(5-3-13)19-8-6-16/h2-5,15,17H,7-12H2,1H3. The molecule has 1 aromatic carbocycles. The highest BCUT2D eigenvalue weighted by molar-refractivity contribution is 5.27. The molecule has 5 heteroatoms. The maximum Gasteiger partial charge on any atom is 0.174 e. The third-order valence-electron chi connectivity index (χ3n) is 3.27.